The molecule has 1 amide bonds. The summed E-state index contributed by atoms with van der Waals surface area (Å²) in [6, 6.07) is 6.15. The molecule has 0 aromatic carbocycles. The summed E-state index contributed by atoms with van der Waals surface area (Å²) in [6.07, 6.45) is 6.50. The van der Waals surface area contributed by atoms with Crippen molar-refractivity contribution in [2.75, 3.05) is 13.1 Å². The van der Waals surface area contributed by atoms with Gasteiger partial charge in [-0.05, 0) is 31.4 Å². The number of hydrogen-bond acceptors (Lipinski definition) is 4. The molecule has 6 heteroatoms. The highest BCUT2D eigenvalue weighted by Gasteiger charge is 2.35. The molecule has 2 aromatic heterocycles. The SMILES string of the molecule is O=C(N[C@@H]1CCN(C2CC2)C1)c1cnc2ccccn2c1=O. The number of aromatic nitrogens is 2. The van der Waals surface area contributed by atoms with E-state index >= 15 is 0 Å². The van der Waals surface area contributed by atoms with Gasteiger partial charge in [0.05, 0.1) is 0 Å². The van der Waals surface area contributed by atoms with Gasteiger partial charge in [-0.25, -0.2) is 4.98 Å². The number of hydrogen-bond donors (Lipinski definition) is 1. The maximum absolute atomic E-state index is 12.4. The number of carbonyl (C=O) groups is 1. The lowest BCUT2D eigenvalue weighted by atomic mass is 10.2. The lowest BCUT2D eigenvalue weighted by molar-refractivity contribution is 0.0935. The summed E-state index contributed by atoms with van der Waals surface area (Å²) in [4.78, 5) is 31.4. The topological polar surface area (TPSA) is 66.7 Å². The predicted molar refractivity (Wildman–Crippen MR) is 81.9 cm³/mol. The van der Waals surface area contributed by atoms with Crippen LogP contribution < -0.4 is 10.9 Å². The van der Waals surface area contributed by atoms with Crippen molar-refractivity contribution in [2.24, 2.45) is 0 Å². The Labute approximate surface area is 127 Å². The van der Waals surface area contributed by atoms with Crippen LogP contribution in [0.2, 0.25) is 0 Å². The fraction of sp³-hybridized carbons (Fsp3) is 0.438. The molecule has 3 heterocycles. The Hall–Kier alpha value is -2.21. The van der Waals surface area contributed by atoms with Gasteiger partial charge in [0.2, 0.25) is 0 Å². The van der Waals surface area contributed by atoms with Crippen LogP contribution in [0, 0.1) is 0 Å². The Bertz CT molecular complexity index is 781. The van der Waals surface area contributed by atoms with E-state index in [0.717, 1.165) is 25.6 Å². The van der Waals surface area contributed by atoms with E-state index in [9.17, 15) is 9.59 Å². The number of likely N-dealkylation sites (tertiary alicyclic amines) is 1. The first-order valence-corrected chi connectivity index (χ1v) is 7.74. The van der Waals surface area contributed by atoms with Gasteiger partial charge in [-0.3, -0.25) is 18.9 Å². The normalized spacial score (nSPS) is 22.1. The summed E-state index contributed by atoms with van der Waals surface area (Å²) < 4.78 is 1.40. The highest BCUT2D eigenvalue weighted by atomic mass is 16.2. The zero-order chi connectivity index (χ0) is 15.1. The van der Waals surface area contributed by atoms with Crippen molar-refractivity contribution in [3.05, 3.63) is 46.5 Å². The van der Waals surface area contributed by atoms with Crippen molar-refractivity contribution in [3.8, 4) is 0 Å². The minimum Gasteiger partial charge on any atom is -0.348 e. The average Bonchev–Trinajstić information content (AvgIpc) is 3.28. The van der Waals surface area contributed by atoms with Crippen LogP contribution in [-0.4, -0.2) is 45.4 Å². The molecule has 114 valence electrons. The quantitative estimate of drug-likeness (QED) is 0.904. The maximum atomic E-state index is 12.4. The van der Waals surface area contributed by atoms with E-state index < -0.39 is 0 Å². The number of fused-ring (bicyclic) bond motifs is 1. The molecule has 1 aliphatic carbocycles. The Morgan fingerprint density at radius 1 is 1.27 bits per heavy atom. The second-order valence-electron chi connectivity index (χ2n) is 6.09. The van der Waals surface area contributed by atoms with Crippen molar-refractivity contribution < 1.29 is 4.79 Å². The minimum absolute atomic E-state index is 0.105. The number of pyridine rings is 1. The second kappa shape index (κ2) is 5.21. The summed E-state index contributed by atoms with van der Waals surface area (Å²) in [7, 11) is 0. The average molecular weight is 298 g/mol. The molecule has 1 aliphatic heterocycles. The van der Waals surface area contributed by atoms with Crippen molar-refractivity contribution >= 4 is 11.6 Å². The van der Waals surface area contributed by atoms with Crippen molar-refractivity contribution in [2.45, 2.75) is 31.3 Å². The highest BCUT2D eigenvalue weighted by molar-refractivity contribution is 5.94. The van der Waals surface area contributed by atoms with Crippen LogP contribution in [0.1, 0.15) is 29.6 Å². The third-order valence-corrected chi connectivity index (χ3v) is 4.48. The lowest BCUT2D eigenvalue weighted by Crippen LogP contribution is -2.40. The molecule has 2 aromatic rings. The molecule has 0 bridgehead atoms. The van der Waals surface area contributed by atoms with Crippen molar-refractivity contribution in [3.63, 3.8) is 0 Å². The number of nitrogens with zero attached hydrogens (tertiary/aromatic N) is 3. The number of nitrogens with one attached hydrogen (secondary N) is 1. The van der Waals surface area contributed by atoms with E-state index in [2.05, 4.69) is 15.2 Å². The van der Waals surface area contributed by atoms with Gasteiger partial charge in [0.25, 0.3) is 11.5 Å². The molecule has 6 nitrogen and oxygen atoms in total. The van der Waals surface area contributed by atoms with E-state index in [4.69, 9.17) is 0 Å². The van der Waals surface area contributed by atoms with Gasteiger partial charge in [0.15, 0.2) is 0 Å². The summed E-state index contributed by atoms with van der Waals surface area (Å²) in [5, 5.41) is 2.98. The Balaban J connectivity index is 1.53. The first-order chi connectivity index (χ1) is 10.7. The summed E-state index contributed by atoms with van der Waals surface area (Å²) in [5.74, 6) is -0.321. The standard InChI is InChI=1S/C16H18N4O2/c21-15(18-11-6-8-19(10-11)12-4-5-12)13-9-17-14-3-1-2-7-20(14)16(13)22/h1-3,7,9,11-12H,4-6,8,10H2,(H,18,21)/t11-/m1/s1. The lowest BCUT2D eigenvalue weighted by Gasteiger charge is -2.15. The molecule has 1 saturated carbocycles. The van der Waals surface area contributed by atoms with Crippen LogP contribution in [-0.2, 0) is 0 Å². The highest BCUT2D eigenvalue weighted by Crippen LogP contribution is 2.29. The molecule has 2 aliphatic rings. The molecular weight excluding hydrogens is 280 g/mol. The number of amides is 1. The molecule has 1 saturated heterocycles. The maximum Gasteiger partial charge on any atom is 0.270 e. The monoisotopic (exact) mass is 298 g/mol. The molecule has 0 spiro atoms. The molecule has 22 heavy (non-hydrogen) atoms. The Kier molecular flexibility index (Phi) is 3.18. The van der Waals surface area contributed by atoms with Crippen LogP contribution in [0.5, 0.6) is 0 Å². The van der Waals surface area contributed by atoms with Gasteiger partial charge in [-0.2, -0.15) is 0 Å². The Morgan fingerprint density at radius 2 is 2.14 bits per heavy atom. The van der Waals surface area contributed by atoms with E-state index in [1.54, 1.807) is 18.3 Å². The van der Waals surface area contributed by atoms with E-state index in [0.29, 0.717) is 5.65 Å². The molecule has 1 N–H and O–H groups in total. The number of carbonyl (C=O) groups excluding carboxylic acids is 1. The first-order valence-electron chi connectivity index (χ1n) is 7.74. The summed E-state index contributed by atoms with van der Waals surface area (Å²) in [5.41, 5.74) is 0.332. The fourth-order valence-electron chi connectivity index (χ4n) is 3.12. The van der Waals surface area contributed by atoms with Crippen LogP contribution in [0.25, 0.3) is 5.65 Å². The third-order valence-electron chi connectivity index (χ3n) is 4.48. The zero-order valence-corrected chi connectivity index (χ0v) is 12.2. The predicted octanol–water partition coefficient (Wildman–Crippen LogP) is 0.661. The Morgan fingerprint density at radius 3 is 2.95 bits per heavy atom. The summed E-state index contributed by atoms with van der Waals surface area (Å²) >= 11 is 0. The van der Waals surface area contributed by atoms with Crippen LogP contribution >= 0.6 is 0 Å². The second-order valence-corrected chi connectivity index (χ2v) is 6.09. The van der Waals surface area contributed by atoms with Crippen LogP contribution in [0.4, 0.5) is 0 Å². The smallest absolute Gasteiger partial charge is 0.270 e. The molecule has 4 rings (SSSR count). The van der Waals surface area contributed by atoms with Gasteiger partial charge in [-0.1, -0.05) is 6.07 Å². The molecule has 0 radical (unpaired) electrons. The largest absolute Gasteiger partial charge is 0.348 e. The van der Waals surface area contributed by atoms with Crippen molar-refractivity contribution in [1.29, 1.82) is 0 Å². The molecule has 2 fully saturated rings. The first kappa shape index (κ1) is 13.5. The zero-order valence-electron chi connectivity index (χ0n) is 12.2. The van der Waals surface area contributed by atoms with Gasteiger partial charge >= 0.3 is 0 Å². The van der Waals surface area contributed by atoms with E-state index in [1.807, 2.05) is 6.07 Å². The van der Waals surface area contributed by atoms with Crippen molar-refractivity contribution in [1.82, 2.24) is 19.6 Å². The third kappa shape index (κ3) is 2.39. The van der Waals surface area contributed by atoms with Gasteiger partial charge in [0.1, 0.15) is 11.2 Å². The van der Waals surface area contributed by atoms with Gasteiger partial charge in [-0.15, -0.1) is 0 Å². The summed E-state index contributed by atoms with van der Waals surface area (Å²) in [6.45, 7) is 1.92. The van der Waals surface area contributed by atoms with E-state index in [1.165, 1.54) is 23.4 Å². The van der Waals surface area contributed by atoms with Crippen LogP contribution in [0.3, 0.4) is 0 Å². The number of rotatable bonds is 3. The molecular formula is C16H18N4O2. The fourth-order valence-corrected chi connectivity index (χ4v) is 3.12. The molecule has 1 atom stereocenters. The molecule has 0 unspecified atom stereocenters. The van der Waals surface area contributed by atoms with E-state index in [-0.39, 0.29) is 23.1 Å². The van der Waals surface area contributed by atoms with Gasteiger partial charge in [0, 0.05) is 37.6 Å². The minimum atomic E-state index is -0.321. The van der Waals surface area contributed by atoms with Gasteiger partial charge < -0.3 is 5.32 Å². The van der Waals surface area contributed by atoms with Crippen LogP contribution in [0.15, 0.2) is 35.4 Å².